The van der Waals surface area contributed by atoms with E-state index in [2.05, 4.69) is 52.7 Å². The maximum Gasteiger partial charge on any atom is 0.138 e. The molecule has 0 aliphatic carbocycles. The molecule has 1 aromatic carbocycles. The highest BCUT2D eigenvalue weighted by Crippen LogP contribution is 2.37. The van der Waals surface area contributed by atoms with Gasteiger partial charge in [0.1, 0.15) is 17.0 Å². The van der Waals surface area contributed by atoms with E-state index in [4.69, 9.17) is 5.73 Å². The van der Waals surface area contributed by atoms with Gasteiger partial charge in [0, 0.05) is 17.5 Å². The maximum atomic E-state index is 5.57. The minimum atomic E-state index is 0.675. The summed E-state index contributed by atoms with van der Waals surface area (Å²) in [7, 11) is 0. The summed E-state index contributed by atoms with van der Waals surface area (Å²) in [6.07, 6.45) is 2.55. The molecule has 3 N–H and O–H groups in total. The number of rotatable bonds is 5. The topological polar surface area (TPSA) is 63.8 Å². The summed E-state index contributed by atoms with van der Waals surface area (Å²) in [5, 5.41) is 6.67. The summed E-state index contributed by atoms with van der Waals surface area (Å²) in [6, 6.07) is 6.55. The average molecular weight is 312 g/mol. The number of hydrogen-bond acceptors (Lipinski definition) is 5. The van der Waals surface area contributed by atoms with Gasteiger partial charge in [-0.25, -0.2) is 9.97 Å². The molecule has 0 radical (unpaired) electrons. The zero-order chi connectivity index (χ0) is 15.5. The van der Waals surface area contributed by atoms with Crippen LogP contribution in [0.15, 0.2) is 29.9 Å². The van der Waals surface area contributed by atoms with Gasteiger partial charge in [-0.15, -0.1) is 11.3 Å². The third-order valence-corrected chi connectivity index (χ3v) is 4.60. The Morgan fingerprint density at radius 3 is 2.82 bits per heavy atom. The van der Waals surface area contributed by atoms with Crippen LogP contribution in [-0.2, 0) is 0 Å². The normalized spacial score (nSPS) is 11.0. The minimum absolute atomic E-state index is 0.675. The first-order valence-corrected chi connectivity index (χ1v) is 8.32. The molecule has 0 fully saturated rings. The van der Waals surface area contributed by atoms with Crippen molar-refractivity contribution >= 4 is 27.4 Å². The number of benzene rings is 1. The van der Waals surface area contributed by atoms with Crippen molar-refractivity contribution in [1.29, 1.82) is 0 Å². The molecule has 0 aliphatic heterocycles. The fourth-order valence-corrected chi connectivity index (χ4v) is 3.54. The summed E-state index contributed by atoms with van der Waals surface area (Å²) < 4.78 is 0. The van der Waals surface area contributed by atoms with E-state index >= 15 is 0 Å². The summed E-state index contributed by atoms with van der Waals surface area (Å²) in [5.74, 6) is 0.898. The Kier molecular flexibility index (Phi) is 4.36. The molecular formula is C17H20N4S. The second-order valence-corrected chi connectivity index (χ2v) is 6.30. The predicted octanol–water partition coefficient (Wildman–Crippen LogP) is 3.74. The van der Waals surface area contributed by atoms with Crippen LogP contribution in [0.3, 0.4) is 0 Å². The second-order valence-electron chi connectivity index (χ2n) is 5.44. The lowest BCUT2D eigenvalue weighted by Crippen LogP contribution is -2.09. The summed E-state index contributed by atoms with van der Waals surface area (Å²) in [5.41, 5.74) is 10.6. The molecule has 2 aromatic heterocycles. The van der Waals surface area contributed by atoms with Crippen molar-refractivity contribution in [3.63, 3.8) is 0 Å². The number of thiophene rings is 1. The van der Waals surface area contributed by atoms with Crippen molar-refractivity contribution in [1.82, 2.24) is 9.97 Å². The third kappa shape index (κ3) is 2.82. The first-order valence-electron chi connectivity index (χ1n) is 7.44. The van der Waals surface area contributed by atoms with Gasteiger partial charge in [0.05, 0.1) is 5.39 Å². The van der Waals surface area contributed by atoms with Gasteiger partial charge >= 0.3 is 0 Å². The van der Waals surface area contributed by atoms with Crippen LogP contribution in [0.25, 0.3) is 21.3 Å². The van der Waals surface area contributed by atoms with Gasteiger partial charge in [0.2, 0.25) is 0 Å². The van der Waals surface area contributed by atoms with Crippen LogP contribution in [0, 0.1) is 13.8 Å². The quantitative estimate of drug-likeness (QED) is 0.705. The Morgan fingerprint density at radius 1 is 1.18 bits per heavy atom. The summed E-state index contributed by atoms with van der Waals surface area (Å²) in [6.45, 7) is 5.77. The molecule has 0 aliphatic rings. The molecule has 0 spiro atoms. The van der Waals surface area contributed by atoms with Gasteiger partial charge in [-0.05, 0) is 37.9 Å². The number of nitrogens with zero attached hydrogens (tertiary/aromatic N) is 2. The van der Waals surface area contributed by atoms with Crippen LogP contribution < -0.4 is 11.1 Å². The van der Waals surface area contributed by atoms with Crippen LogP contribution in [-0.4, -0.2) is 23.1 Å². The van der Waals surface area contributed by atoms with Gasteiger partial charge in [-0.3, -0.25) is 0 Å². The van der Waals surface area contributed by atoms with Crippen molar-refractivity contribution in [3.05, 3.63) is 41.0 Å². The Bertz CT molecular complexity index is 794. The monoisotopic (exact) mass is 312 g/mol. The van der Waals surface area contributed by atoms with Crippen LogP contribution in [0.4, 0.5) is 5.82 Å². The first-order chi connectivity index (χ1) is 10.7. The molecule has 4 nitrogen and oxygen atoms in total. The standard InChI is InChI=1S/C17H20N4S/c1-11-4-5-13(12(2)8-11)14-9-22-17-15(14)16(20-10-21-17)19-7-3-6-18/h4-5,8-10H,3,6-7,18H2,1-2H3,(H,19,20,21). The van der Waals surface area contributed by atoms with Crippen molar-refractivity contribution in [2.75, 3.05) is 18.4 Å². The average Bonchev–Trinajstić information content (AvgIpc) is 2.92. The van der Waals surface area contributed by atoms with Crippen molar-refractivity contribution in [2.45, 2.75) is 20.3 Å². The fourth-order valence-electron chi connectivity index (χ4n) is 2.63. The second kappa shape index (κ2) is 6.42. The van der Waals surface area contributed by atoms with Crippen molar-refractivity contribution in [2.24, 2.45) is 5.73 Å². The van der Waals surface area contributed by atoms with E-state index in [9.17, 15) is 0 Å². The highest BCUT2D eigenvalue weighted by Gasteiger charge is 2.14. The molecule has 0 amide bonds. The summed E-state index contributed by atoms with van der Waals surface area (Å²) in [4.78, 5) is 9.85. The van der Waals surface area contributed by atoms with Crippen LogP contribution in [0.2, 0.25) is 0 Å². The third-order valence-electron chi connectivity index (χ3n) is 3.72. The maximum absolute atomic E-state index is 5.57. The highest BCUT2D eigenvalue weighted by atomic mass is 32.1. The number of aromatic nitrogens is 2. The van der Waals surface area contributed by atoms with Gasteiger partial charge in [0.15, 0.2) is 0 Å². The predicted molar refractivity (Wildman–Crippen MR) is 94.5 cm³/mol. The Labute approximate surface area is 134 Å². The van der Waals surface area contributed by atoms with E-state index in [1.807, 2.05) is 0 Å². The molecule has 3 aromatic rings. The lowest BCUT2D eigenvalue weighted by molar-refractivity contribution is 0.871. The molecule has 0 saturated carbocycles. The zero-order valence-corrected chi connectivity index (χ0v) is 13.7. The van der Waals surface area contributed by atoms with E-state index in [0.29, 0.717) is 6.54 Å². The lowest BCUT2D eigenvalue weighted by Gasteiger charge is -2.10. The number of fused-ring (bicyclic) bond motifs is 1. The fraction of sp³-hybridized carbons (Fsp3) is 0.294. The largest absolute Gasteiger partial charge is 0.369 e. The number of nitrogens with one attached hydrogen (secondary N) is 1. The molecular weight excluding hydrogens is 292 g/mol. The van der Waals surface area contributed by atoms with E-state index in [0.717, 1.165) is 29.0 Å². The Hall–Kier alpha value is -1.98. The summed E-state index contributed by atoms with van der Waals surface area (Å²) >= 11 is 1.66. The molecule has 0 saturated heterocycles. The van der Waals surface area contributed by atoms with Crippen molar-refractivity contribution < 1.29 is 0 Å². The minimum Gasteiger partial charge on any atom is -0.369 e. The molecule has 0 unspecified atom stereocenters. The van der Waals surface area contributed by atoms with Crippen molar-refractivity contribution in [3.8, 4) is 11.1 Å². The Balaban J connectivity index is 2.10. The zero-order valence-electron chi connectivity index (χ0n) is 12.9. The lowest BCUT2D eigenvalue weighted by atomic mass is 9.99. The number of hydrogen-bond donors (Lipinski definition) is 2. The van der Waals surface area contributed by atoms with Crippen LogP contribution in [0.5, 0.6) is 0 Å². The molecule has 22 heavy (non-hydrogen) atoms. The van der Waals surface area contributed by atoms with E-state index in [1.165, 1.54) is 22.3 Å². The van der Waals surface area contributed by atoms with Gasteiger partial charge in [-0.2, -0.15) is 0 Å². The molecule has 3 rings (SSSR count). The van der Waals surface area contributed by atoms with Crippen LogP contribution in [0.1, 0.15) is 17.5 Å². The van der Waals surface area contributed by atoms with E-state index < -0.39 is 0 Å². The van der Waals surface area contributed by atoms with Gasteiger partial charge in [0.25, 0.3) is 0 Å². The number of nitrogens with two attached hydrogens (primary N) is 1. The molecule has 5 heteroatoms. The highest BCUT2D eigenvalue weighted by molar-refractivity contribution is 7.17. The van der Waals surface area contributed by atoms with Gasteiger partial charge in [-0.1, -0.05) is 23.8 Å². The van der Waals surface area contributed by atoms with E-state index in [1.54, 1.807) is 17.7 Å². The van der Waals surface area contributed by atoms with E-state index in [-0.39, 0.29) is 0 Å². The molecule has 2 heterocycles. The number of anilines is 1. The molecule has 114 valence electrons. The number of aryl methyl sites for hydroxylation is 2. The smallest absolute Gasteiger partial charge is 0.138 e. The first kappa shape index (κ1) is 14.9. The Morgan fingerprint density at radius 2 is 2.05 bits per heavy atom. The van der Waals surface area contributed by atoms with Gasteiger partial charge < -0.3 is 11.1 Å². The SMILES string of the molecule is Cc1ccc(-c2csc3ncnc(NCCCN)c23)c(C)c1. The molecule has 0 bridgehead atoms. The molecule has 0 atom stereocenters. The van der Waals surface area contributed by atoms with Crippen LogP contribution >= 0.6 is 11.3 Å².